The van der Waals surface area contributed by atoms with Crippen LogP contribution in [0.15, 0.2) is 11.9 Å². The van der Waals surface area contributed by atoms with Crippen LogP contribution in [0.5, 0.6) is 0 Å². The van der Waals surface area contributed by atoms with E-state index in [9.17, 15) is 10.4 Å². The second kappa shape index (κ2) is 4.99. The summed E-state index contributed by atoms with van der Waals surface area (Å²) in [5.41, 5.74) is 0.404. The molecule has 0 aromatic heterocycles. The number of halogens is 1. The molecule has 0 aromatic rings. The van der Waals surface area contributed by atoms with Crippen LogP contribution >= 0.6 is 23.0 Å². The van der Waals surface area contributed by atoms with Crippen molar-refractivity contribution in [3.05, 3.63) is 22.3 Å². The molecule has 0 saturated carbocycles. The maximum Gasteiger partial charge on any atom is 0.190 e. The molecule has 0 rings (SSSR count). The van der Waals surface area contributed by atoms with Gasteiger partial charge in [-0.15, -0.1) is 3.17 Å². The van der Waals surface area contributed by atoms with E-state index in [1.54, 1.807) is 6.92 Å². The standard InChI is InChI=1S/C4H9IN2O3/c1-4(6(2)8)3-7(9)10-5/h3,6-7H,1-2H3/b4-3-. The molecule has 0 fully saturated rings. The van der Waals surface area contributed by atoms with E-state index in [2.05, 4.69) is 3.17 Å². The topological polar surface area (TPSA) is 64.2 Å². The van der Waals surface area contributed by atoms with E-state index in [0.717, 1.165) is 6.20 Å². The Labute approximate surface area is 73.0 Å². The molecule has 0 aliphatic heterocycles. The minimum atomic E-state index is -0.506. The van der Waals surface area contributed by atoms with Crippen molar-refractivity contribution in [2.24, 2.45) is 0 Å². The number of hydrogen-bond donors (Lipinski definition) is 2. The molecule has 2 unspecified atom stereocenters. The molecule has 2 N–H and O–H groups in total. The van der Waals surface area contributed by atoms with Gasteiger partial charge in [0.05, 0.1) is 7.05 Å². The van der Waals surface area contributed by atoms with Gasteiger partial charge in [-0.25, -0.2) is 0 Å². The number of quaternary nitrogens is 2. The molecule has 60 valence electrons. The largest absolute Gasteiger partial charge is 0.629 e. The molecule has 2 atom stereocenters. The number of hydrogen-bond acceptors (Lipinski definition) is 3. The Morgan fingerprint density at radius 2 is 2.10 bits per heavy atom. The summed E-state index contributed by atoms with van der Waals surface area (Å²) < 4.78 is 4.27. The minimum Gasteiger partial charge on any atom is -0.629 e. The van der Waals surface area contributed by atoms with Gasteiger partial charge in [0.2, 0.25) is 0 Å². The number of rotatable bonds is 3. The van der Waals surface area contributed by atoms with Crippen LogP contribution in [0, 0.1) is 10.4 Å². The fourth-order valence-corrected chi connectivity index (χ4v) is 0.428. The Morgan fingerprint density at radius 1 is 1.60 bits per heavy atom. The summed E-state index contributed by atoms with van der Waals surface area (Å²) in [6, 6.07) is 0. The first-order valence-electron chi connectivity index (χ1n) is 2.59. The van der Waals surface area contributed by atoms with Crippen LogP contribution in [0.25, 0.3) is 0 Å². The fraction of sp³-hybridized carbons (Fsp3) is 0.500. The van der Waals surface area contributed by atoms with Gasteiger partial charge in [0.1, 0.15) is 0 Å². The fourth-order valence-electron chi connectivity index (χ4n) is 0.301. The second-order valence-corrected chi connectivity index (χ2v) is 2.22. The Morgan fingerprint density at radius 3 is 2.40 bits per heavy atom. The molecule has 6 heteroatoms. The van der Waals surface area contributed by atoms with Crippen molar-refractivity contribution in [2.45, 2.75) is 6.92 Å². The van der Waals surface area contributed by atoms with Gasteiger partial charge >= 0.3 is 0 Å². The Bertz CT molecular complexity index is 128. The molecule has 10 heavy (non-hydrogen) atoms. The summed E-state index contributed by atoms with van der Waals surface area (Å²) in [7, 11) is 1.40. The maximum absolute atomic E-state index is 10.5. The Hall–Kier alpha value is 0.270. The van der Waals surface area contributed by atoms with Crippen LogP contribution < -0.4 is 10.3 Å². The van der Waals surface area contributed by atoms with Crippen molar-refractivity contribution in [1.29, 1.82) is 0 Å². The molecule has 0 saturated heterocycles. The number of allylic oxidation sites excluding steroid dienone is 1. The molecule has 0 spiro atoms. The van der Waals surface area contributed by atoms with E-state index >= 15 is 0 Å². The lowest BCUT2D eigenvalue weighted by Gasteiger charge is -2.17. The molecular weight excluding hydrogens is 251 g/mol. The van der Waals surface area contributed by atoms with Gasteiger partial charge in [-0.3, -0.25) is 0 Å². The molecule has 0 aromatic carbocycles. The average Bonchev–Trinajstić information content (AvgIpc) is 1.87. The molecule has 0 radical (unpaired) electrons. The van der Waals surface area contributed by atoms with Crippen molar-refractivity contribution in [3.8, 4) is 0 Å². The van der Waals surface area contributed by atoms with Crippen molar-refractivity contribution in [3.63, 3.8) is 0 Å². The van der Waals surface area contributed by atoms with Gasteiger partial charge < -0.3 is 15.5 Å². The van der Waals surface area contributed by atoms with Crippen LogP contribution in [0.3, 0.4) is 0 Å². The summed E-state index contributed by atoms with van der Waals surface area (Å²) in [5.74, 6) is 0. The summed E-state index contributed by atoms with van der Waals surface area (Å²) in [6.07, 6.45) is 1.16. The molecule has 0 aliphatic carbocycles. The zero-order valence-electron chi connectivity index (χ0n) is 5.68. The minimum absolute atomic E-state index is 0.123. The van der Waals surface area contributed by atoms with Gasteiger partial charge in [-0.1, -0.05) is 0 Å². The first-order valence-corrected chi connectivity index (χ1v) is 3.47. The smallest absolute Gasteiger partial charge is 0.190 e. The molecule has 5 nitrogen and oxygen atoms in total. The number of nitrogens with one attached hydrogen (secondary N) is 2. The van der Waals surface area contributed by atoms with E-state index in [4.69, 9.17) is 0 Å². The van der Waals surface area contributed by atoms with Crippen LogP contribution in [0.1, 0.15) is 6.92 Å². The van der Waals surface area contributed by atoms with Crippen LogP contribution in [-0.4, -0.2) is 7.05 Å². The van der Waals surface area contributed by atoms with E-state index in [1.165, 1.54) is 30.1 Å². The predicted octanol–water partition coefficient (Wildman–Crippen LogP) is -1.48. The lowest BCUT2D eigenvalue weighted by molar-refractivity contribution is -0.969. The zero-order valence-corrected chi connectivity index (χ0v) is 7.84. The Balaban J connectivity index is 3.89. The first-order chi connectivity index (χ1) is 4.57. The highest BCUT2D eigenvalue weighted by atomic mass is 127. The van der Waals surface area contributed by atoms with Crippen LogP contribution in [0.4, 0.5) is 0 Å². The van der Waals surface area contributed by atoms with E-state index in [-0.39, 0.29) is 5.06 Å². The van der Waals surface area contributed by atoms with Gasteiger partial charge in [0.25, 0.3) is 0 Å². The normalized spacial score (nSPS) is 18.7. The van der Waals surface area contributed by atoms with Crippen LogP contribution in [0.2, 0.25) is 0 Å². The van der Waals surface area contributed by atoms with Crippen molar-refractivity contribution >= 4 is 23.0 Å². The van der Waals surface area contributed by atoms with E-state index in [1.807, 2.05) is 0 Å². The van der Waals surface area contributed by atoms with Crippen molar-refractivity contribution < 1.29 is 13.5 Å². The maximum atomic E-state index is 10.5. The van der Waals surface area contributed by atoms with Crippen LogP contribution in [-0.2, 0) is 3.17 Å². The van der Waals surface area contributed by atoms with E-state index in [0.29, 0.717) is 5.70 Å². The van der Waals surface area contributed by atoms with E-state index < -0.39 is 5.23 Å². The highest BCUT2D eigenvalue weighted by molar-refractivity contribution is 14.1. The van der Waals surface area contributed by atoms with Crippen molar-refractivity contribution in [2.75, 3.05) is 7.05 Å². The number of hydroxylamine groups is 4. The van der Waals surface area contributed by atoms with Gasteiger partial charge in [-0.05, 0) is 0 Å². The molecular formula is C4H9IN2O3. The van der Waals surface area contributed by atoms with Gasteiger partial charge in [0.15, 0.2) is 34.9 Å². The summed E-state index contributed by atoms with van der Waals surface area (Å²) in [6.45, 7) is 1.57. The molecule has 0 aliphatic rings. The quantitative estimate of drug-likeness (QED) is 0.480. The third-order valence-corrected chi connectivity index (χ3v) is 1.40. The Kier molecular flexibility index (Phi) is 5.13. The lowest BCUT2D eigenvalue weighted by Crippen LogP contribution is -3.06. The SMILES string of the molecule is C/C(=C/[NH+]([O-])OI)[NH+](C)[O-]. The molecule has 0 heterocycles. The third-order valence-electron chi connectivity index (χ3n) is 0.966. The lowest BCUT2D eigenvalue weighted by atomic mass is 10.5. The summed E-state index contributed by atoms with van der Waals surface area (Å²) in [5, 5.41) is 20.4. The molecule has 0 bridgehead atoms. The van der Waals surface area contributed by atoms with Gasteiger partial charge in [0, 0.05) is 6.92 Å². The second-order valence-electron chi connectivity index (χ2n) is 1.78. The highest BCUT2D eigenvalue weighted by Gasteiger charge is 1.97. The summed E-state index contributed by atoms with van der Waals surface area (Å²) >= 11 is 1.46. The molecule has 0 amide bonds. The third kappa shape index (κ3) is 4.14. The van der Waals surface area contributed by atoms with Gasteiger partial charge in [-0.2, -0.15) is 5.23 Å². The summed E-state index contributed by atoms with van der Waals surface area (Å²) in [4.78, 5) is 0. The van der Waals surface area contributed by atoms with Crippen molar-refractivity contribution in [1.82, 2.24) is 0 Å². The zero-order chi connectivity index (χ0) is 8.15. The average molecular weight is 260 g/mol. The highest BCUT2D eigenvalue weighted by Crippen LogP contribution is 1.74. The monoisotopic (exact) mass is 260 g/mol. The predicted molar refractivity (Wildman–Crippen MR) is 43.4 cm³/mol. The first kappa shape index (κ1) is 10.3.